The monoisotopic (exact) mass is 321 g/mol. The summed E-state index contributed by atoms with van der Waals surface area (Å²) >= 11 is 0. The van der Waals surface area contributed by atoms with Crippen LogP contribution in [0.15, 0.2) is 0 Å². The van der Waals surface area contributed by atoms with E-state index in [1.807, 2.05) is 13.8 Å². The van der Waals surface area contributed by atoms with Crippen molar-refractivity contribution >= 4 is 10.2 Å². The van der Waals surface area contributed by atoms with E-state index in [1.165, 1.54) is 4.31 Å². The first-order valence-electron chi connectivity index (χ1n) is 7.70. The summed E-state index contributed by atoms with van der Waals surface area (Å²) in [5.41, 5.74) is 0. The maximum Gasteiger partial charge on any atom is 0.279 e. The first-order chi connectivity index (χ1) is 9.97. The van der Waals surface area contributed by atoms with Crippen LogP contribution >= 0.6 is 0 Å². The third-order valence-electron chi connectivity index (χ3n) is 3.75. The van der Waals surface area contributed by atoms with Crippen molar-refractivity contribution in [3.05, 3.63) is 0 Å². The van der Waals surface area contributed by atoms with E-state index in [4.69, 9.17) is 9.47 Å². The maximum atomic E-state index is 12.2. The highest BCUT2D eigenvalue weighted by Crippen LogP contribution is 2.13. The fraction of sp³-hybridized carbons (Fsp3) is 1.00. The van der Waals surface area contributed by atoms with Crippen LogP contribution in [0, 0.1) is 0 Å². The Bertz CT molecular complexity index is 402. The Kier molecular flexibility index (Phi) is 6.39. The van der Waals surface area contributed by atoms with Crippen molar-refractivity contribution in [2.75, 3.05) is 39.3 Å². The fourth-order valence-corrected chi connectivity index (χ4v) is 4.11. The SMILES string of the molecule is CC1CN(S(=O)(=O)NCCOC2CCNCC2)CC(C)O1. The Hall–Kier alpha value is -0.250. The first-order valence-corrected chi connectivity index (χ1v) is 9.14. The molecule has 2 rings (SSSR count). The molecule has 8 heteroatoms. The zero-order chi connectivity index (χ0) is 15.3. The normalized spacial score (nSPS) is 29.6. The van der Waals surface area contributed by atoms with Crippen LogP contribution in [-0.2, 0) is 19.7 Å². The van der Waals surface area contributed by atoms with Gasteiger partial charge in [0, 0.05) is 19.6 Å². The molecular formula is C13H27N3O4S. The van der Waals surface area contributed by atoms with Gasteiger partial charge in [-0.1, -0.05) is 0 Å². The van der Waals surface area contributed by atoms with Gasteiger partial charge >= 0.3 is 0 Å². The predicted molar refractivity (Wildman–Crippen MR) is 80.3 cm³/mol. The maximum absolute atomic E-state index is 12.2. The topological polar surface area (TPSA) is 79.9 Å². The second-order valence-electron chi connectivity index (χ2n) is 5.79. The number of morpholine rings is 1. The lowest BCUT2D eigenvalue weighted by molar-refractivity contribution is -0.0444. The predicted octanol–water partition coefficient (Wildman–Crippen LogP) is -0.301. The molecule has 2 aliphatic heterocycles. The third-order valence-corrected chi connectivity index (χ3v) is 5.30. The Morgan fingerprint density at radius 1 is 1.24 bits per heavy atom. The van der Waals surface area contributed by atoms with E-state index in [2.05, 4.69) is 10.0 Å². The number of nitrogens with one attached hydrogen (secondary N) is 2. The van der Waals surface area contributed by atoms with Crippen LogP contribution in [0.5, 0.6) is 0 Å². The van der Waals surface area contributed by atoms with Crippen molar-refractivity contribution < 1.29 is 17.9 Å². The summed E-state index contributed by atoms with van der Waals surface area (Å²) in [7, 11) is -3.44. The van der Waals surface area contributed by atoms with Gasteiger partial charge in [-0.2, -0.15) is 17.4 Å². The molecule has 2 heterocycles. The molecule has 0 aromatic heterocycles. The van der Waals surface area contributed by atoms with Gasteiger partial charge in [-0.15, -0.1) is 0 Å². The summed E-state index contributed by atoms with van der Waals surface area (Å²) in [6.07, 6.45) is 2.09. The van der Waals surface area contributed by atoms with Crippen molar-refractivity contribution in [2.45, 2.75) is 45.0 Å². The molecule has 2 unspecified atom stereocenters. The van der Waals surface area contributed by atoms with Crippen LogP contribution in [0.3, 0.4) is 0 Å². The van der Waals surface area contributed by atoms with Crippen LogP contribution in [0.2, 0.25) is 0 Å². The van der Waals surface area contributed by atoms with Crippen LogP contribution in [0.1, 0.15) is 26.7 Å². The Morgan fingerprint density at radius 3 is 2.48 bits per heavy atom. The highest BCUT2D eigenvalue weighted by Gasteiger charge is 2.30. The molecule has 2 aliphatic rings. The van der Waals surface area contributed by atoms with Crippen LogP contribution in [0.4, 0.5) is 0 Å². The van der Waals surface area contributed by atoms with Crippen molar-refractivity contribution in [3.8, 4) is 0 Å². The van der Waals surface area contributed by atoms with E-state index < -0.39 is 10.2 Å². The largest absolute Gasteiger partial charge is 0.377 e. The van der Waals surface area contributed by atoms with Crippen molar-refractivity contribution in [1.82, 2.24) is 14.3 Å². The Morgan fingerprint density at radius 2 is 1.86 bits per heavy atom. The van der Waals surface area contributed by atoms with E-state index >= 15 is 0 Å². The number of piperidine rings is 1. The molecule has 0 saturated carbocycles. The van der Waals surface area contributed by atoms with Crippen LogP contribution < -0.4 is 10.0 Å². The lowest BCUT2D eigenvalue weighted by atomic mass is 10.1. The minimum absolute atomic E-state index is 0.0729. The van der Waals surface area contributed by atoms with Gasteiger partial charge in [-0.25, -0.2) is 0 Å². The molecule has 0 aliphatic carbocycles. The van der Waals surface area contributed by atoms with Gasteiger partial charge in [0.25, 0.3) is 10.2 Å². The molecule has 0 aromatic rings. The van der Waals surface area contributed by atoms with Crippen LogP contribution in [-0.4, -0.2) is 70.4 Å². The number of rotatable bonds is 6. The van der Waals surface area contributed by atoms with Gasteiger partial charge in [-0.3, -0.25) is 0 Å². The molecule has 124 valence electrons. The van der Waals surface area contributed by atoms with Gasteiger partial charge in [0.2, 0.25) is 0 Å². The summed E-state index contributed by atoms with van der Waals surface area (Å²) in [6, 6.07) is 0. The molecule has 0 bridgehead atoms. The lowest BCUT2D eigenvalue weighted by Crippen LogP contribution is -2.52. The zero-order valence-electron chi connectivity index (χ0n) is 12.9. The highest BCUT2D eigenvalue weighted by atomic mass is 32.2. The Balaban J connectivity index is 1.70. The molecule has 2 N–H and O–H groups in total. The molecule has 0 aromatic carbocycles. The Labute approximate surface area is 127 Å². The molecule has 0 spiro atoms. The minimum atomic E-state index is -3.44. The third kappa shape index (κ3) is 5.46. The summed E-state index contributed by atoms with van der Waals surface area (Å²) < 4.78 is 39.8. The standard InChI is InChI=1S/C13H27N3O4S/c1-11-9-16(10-12(2)20-11)21(17,18)15-7-8-19-13-3-5-14-6-4-13/h11-15H,3-10H2,1-2H3. The van der Waals surface area contributed by atoms with Gasteiger partial charge < -0.3 is 14.8 Å². The molecule has 0 amide bonds. The zero-order valence-corrected chi connectivity index (χ0v) is 13.7. The summed E-state index contributed by atoms with van der Waals surface area (Å²) in [5, 5.41) is 3.27. The average molecular weight is 321 g/mol. The van der Waals surface area contributed by atoms with Gasteiger partial charge in [0.15, 0.2) is 0 Å². The average Bonchev–Trinajstić information content (AvgIpc) is 2.44. The second kappa shape index (κ2) is 7.85. The molecule has 7 nitrogen and oxygen atoms in total. The first kappa shape index (κ1) is 17.1. The summed E-state index contributed by atoms with van der Waals surface area (Å²) in [5.74, 6) is 0. The van der Waals surface area contributed by atoms with Crippen molar-refractivity contribution in [2.24, 2.45) is 0 Å². The molecule has 21 heavy (non-hydrogen) atoms. The number of hydrogen-bond acceptors (Lipinski definition) is 5. The van der Waals surface area contributed by atoms with E-state index in [1.54, 1.807) is 0 Å². The smallest absolute Gasteiger partial charge is 0.279 e. The quantitative estimate of drug-likeness (QED) is 0.657. The number of ether oxygens (including phenoxy) is 2. The highest BCUT2D eigenvalue weighted by molar-refractivity contribution is 7.87. The van der Waals surface area contributed by atoms with Gasteiger partial charge in [-0.05, 0) is 39.8 Å². The minimum Gasteiger partial charge on any atom is -0.377 e. The molecular weight excluding hydrogens is 294 g/mol. The van der Waals surface area contributed by atoms with E-state index in [-0.39, 0.29) is 18.3 Å². The molecule has 2 saturated heterocycles. The lowest BCUT2D eigenvalue weighted by Gasteiger charge is -2.34. The van der Waals surface area contributed by atoms with Crippen molar-refractivity contribution in [1.29, 1.82) is 0 Å². The second-order valence-corrected chi connectivity index (χ2v) is 7.55. The molecule has 2 atom stereocenters. The summed E-state index contributed by atoms with van der Waals surface area (Å²) in [4.78, 5) is 0. The van der Waals surface area contributed by atoms with E-state index in [0.717, 1.165) is 25.9 Å². The van der Waals surface area contributed by atoms with E-state index in [9.17, 15) is 8.42 Å². The van der Waals surface area contributed by atoms with Crippen molar-refractivity contribution in [3.63, 3.8) is 0 Å². The molecule has 2 fully saturated rings. The van der Waals surface area contributed by atoms with Crippen LogP contribution in [0.25, 0.3) is 0 Å². The van der Waals surface area contributed by atoms with E-state index in [0.29, 0.717) is 26.2 Å². The molecule has 0 radical (unpaired) electrons. The van der Waals surface area contributed by atoms with Gasteiger partial charge in [0.1, 0.15) is 0 Å². The number of hydrogen-bond donors (Lipinski definition) is 2. The summed E-state index contributed by atoms with van der Waals surface area (Å²) in [6.45, 7) is 7.24. The number of nitrogens with zero attached hydrogens (tertiary/aromatic N) is 1. The fourth-order valence-electron chi connectivity index (χ4n) is 2.78. The van der Waals surface area contributed by atoms with Gasteiger partial charge in [0.05, 0.1) is 24.9 Å².